The van der Waals surface area contributed by atoms with E-state index >= 15 is 0 Å². The van der Waals surface area contributed by atoms with E-state index in [2.05, 4.69) is 17.0 Å². The molecule has 0 spiro atoms. The summed E-state index contributed by atoms with van der Waals surface area (Å²) < 4.78 is 26.9. The van der Waals surface area contributed by atoms with Crippen LogP contribution in [0.3, 0.4) is 0 Å². The van der Waals surface area contributed by atoms with Crippen LogP contribution in [0.25, 0.3) is 0 Å². The van der Waals surface area contributed by atoms with Crippen LogP contribution in [0, 0.1) is 0 Å². The molecule has 19 heavy (non-hydrogen) atoms. The zero-order valence-corrected chi connectivity index (χ0v) is 13.5. The number of hydrogen-bond acceptors (Lipinski definition) is 4. The van der Waals surface area contributed by atoms with Crippen molar-refractivity contribution < 1.29 is 8.42 Å². The quantitative estimate of drug-likeness (QED) is 0.737. The molecule has 0 aliphatic carbocycles. The molecule has 0 radical (unpaired) electrons. The summed E-state index contributed by atoms with van der Waals surface area (Å²) in [4.78, 5) is 1.09. The second-order valence-corrected chi connectivity index (χ2v) is 7.75. The Bertz CT molecular complexity index is 441. The SMILES string of the molecule is CCCC(NS(=O)(=O)CCNC(C)C)c1cccs1. The van der Waals surface area contributed by atoms with Crippen LogP contribution in [-0.2, 0) is 10.0 Å². The summed E-state index contributed by atoms with van der Waals surface area (Å²) >= 11 is 1.60. The number of sulfonamides is 1. The summed E-state index contributed by atoms with van der Waals surface area (Å²) in [7, 11) is -3.23. The van der Waals surface area contributed by atoms with Gasteiger partial charge in [0.1, 0.15) is 0 Å². The summed E-state index contributed by atoms with van der Waals surface area (Å²) in [6.45, 7) is 6.56. The summed E-state index contributed by atoms with van der Waals surface area (Å²) in [6, 6.07) is 4.16. The molecule has 0 saturated carbocycles. The molecule has 4 nitrogen and oxygen atoms in total. The largest absolute Gasteiger partial charge is 0.313 e. The first-order valence-corrected chi connectivity index (χ1v) is 9.24. The molecule has 0 amide bonds. The lowest BCUT2D eigenvalue weighted by atomic mass is 10.1. The van der Waals surface area contributed by atoms with Gasteiger partial charge in [0.05, 0.1) is 11.8 Å². The highest BCUT2D eigenvalue weighted by Crippen LogP contribution is 2.23. The third-order valence-electron chi connectivity index (χ3n) is 2.71. The maximum Gasteiger partial charge on any atom is 0.213 e. The first-order valence-electron chi connectivity index (χ1n) is 6.71. The normalized spacial score (nSPS) is 13.9. The minimum Gasteiger partial charge on any atom is -0.313 e. The number of thiophene rings is 1. The van der Waals surface area contributed by atoms with E-state index in [9.17, 15) is 8.42 Å². The van der Waals surface area contributed by atoms with Gasteiger partial charge in [-0.25, -0.2) is 13.1 Å². The Balaban J connectivity index is 2.57. The van der Waals surface area contributed by atoms with E-state index in [1.807, 2.05) is 31.4 Å². The van der Waals surface area contributed by atoms with E-state index in [-0.39, 0.29) is 11.8 Å². The van der Waals surface area contributed by atoms with Gasteiger partial charge in [-0.1, -0.05) is 33.3 Å². The number of rotatable bonds is 9. The van der Waals surface area contributed by atoms with E-state index in [0.717, 1.165) is 17.7 Å². The minimum atomic E-state index is -3.23. The molecule has 0 aromatic carbocycles. The molecule has 0 bridgehead atoms. The van der Waals surface area contributed by atoms with Crippen molar-refractivity contribution in [2.24, 2.45) is 0 Å². The van der Waals surface area contributed by atoms with E-state index < -0.39 is 10.0 Å². The van der Waals surface area contributed by atoms with Crippen molar-refractivity contribution in [1.82, 2.24) is 10.0 Å². The molecular formula is C13H24N2O2S2. The van der Waals surface area contributed by atoms with Crippen molar-refractivity contribution in [2.75, 3.05) is 12.3 Å². The zero-order valence-electron chi connectivity index (χ0n) is 11.8. The first-order chi connectivity index (χ1) is 8.94. The second-order valence-electron chi connectivity index (χ2n) is 4.90. The maximum atomic E-state index is 12.0. The van der Waals surface area contributed by atoms with E-state index in [1.54, 1.807) is 11.3 Å². The Labute approximate surface area is 120 Å². The summed E-state index contributed by atoms with van der Waals surface area (Å²) in [5.41, 5.74) is 0. The molecule has 0 fully saturated rings. The van der Waals surface area contributed by atoms with Crippen molar-refractivity contribution >= 4 is 21.4 Å². The molecule has 1 unspecified atom stereocenters. The molecule has 0 aliphatic heterocycles. The second kappa shape index (κ2) is 7.99. The fourth-order valence-corrected chi connectivity index (χ4v) is 3.86. The molecule has 1 rings (SSSR count). The van der Waals surface area contributed by atoms with Crippen LogP contribution >= 0.6 is 11.3 Å². The monoisotopic (exact) mass is 304 g/mol. The lowest BCUT2D eigenvalue weighted by Crippen LogP contribution is -2.36. The zero-order chi connectivity index (χ0) is 14.3. The fraction of sp³-hybridized carbons (Fsp3) is 0.692. The van der Waals surface area contributed by atoms with Crippen LogP contribution in [0.5, 0.6) is 0 Å². The van der Waals surface area contributed by atoms with Gasteiger partial charge in [0.25, 0.3) is 0 Å². The molecule has 0 saturated heterocycles. The summed E-state index contributed by atoms with van der Waals surface area (Å²) in [6.07, 6.45) is 1.78. The van der Waals surface area contributed by atoms with Gasteiger partial charge >= 0.3 is 0 Å². The molecule has 1 heterocycles. The van der Waals surface area contributed by atoms with Crippen molar-refractivity contribution in [1.29, 1.82) is 0 Å². The topological polar surface area (TPSA) is 58.2 Å². The smallest absolute Gasteiger partial charge is 0.213 e. The Kier molecular flexibility index (Phi) is 6.99. The average molecular weight is 304 g/mol. The van der Waals surface area contributed by atoms with Crippen LogP contribution in [0.15, 0.2) is 17.5 Å². The van der Waals surface area contributed by atoms with Crippen LogP contribution in [0.4, 0.5) is 0 Å². The predicted octanol–water partition coefficient (Wildman–Crippen LogP) is 2.51. The Morgan fingerprint density at radius 3 is 2.63 bits per heavy atom. The van der Waals surface area contributed by atoms with Crippen LogP contribution in [0.2, 0.25) is 0 Å². The van der Waals surface area contributed by atoms with Crippen molar-refractivity contribution in [3.63, 3.8) is 0 Å². The van der Waals surface area contributed by atoms with Crippen LogP contribution in [0.1, 0.15) is 44.5 Å². The maximum absolute atomic E-state index is 12.0. The molecule has 6 heteroatoms. The Morgan fingerprint density at radius 1 is 1.37 bits per heavy atom. The van der Waals surface area contributed by atoms with Crippen LogP contribution in [-0.4, -0.2) is 26.8 Å². The molecule has 1 aromatic heterocycles. The fourth-order valence-electron chi connectivity index (χ4n) is 1.80. The average Bonchev–Trinajstić information content (AvgIpc) is 2.80. The Morgan fingerprint density at radius 2 is 2.11 bits per heavy atom. The molecular weight excluding hydrogens is 280 g/mol. The van der Waals surface area contributed by atoms with E-state index in [1.165, 1.54) is 0 Å². The highest BCUT2D eigenvalue weighted by atomic mass is 32.2. The van der Waals surface area contributed by atoms with Gasteiger partial charge in [0.2, 0.25) is 10.0 Å². The Hall–Kier alpha value is -0.430. The number of hydrogen-bond donors (Lipinski definition) is 2. The lowest BCUT2D eigenvalue weighted by molar-refractivity contribution is 0.533. The molecule has 1 atom stereocenters. The minimum absolute atomic E-state index is 0.0888. The van der Waals surface area contributed by atoms with Crippen molar-refractivity contribution in [3.8, 4) is 0 Å². The molecule has 0 aliphatic rings. The summed E-state index contributed by atoms with van der Waals surface area (Å²) in [5.74, 6) is 0.122. The van der Waals surface area contributed by atoms with Crippen molar-refractivity contribution in [2.45, 2.75) is 45.7 Å². The van der Waals surface area contributed by atoms with Gasteiger partial charge in [-0.15, -0.1) is 11.3 Å². The van der Waals surface area contributed by atoms with Gasteiger partial charge in [0, 0.05) is 17.5 Å². The summed E-state index contributed by atoms with van der Waals surface area (Å²) in [5, 5.41) is 5.10. The predicted molar refractivity (Wildman–Crippen MR) is 82.0 cm³/mol. The third kappa shape index (κ3) is 6.51. The molecule has 1 aromatic rings. The van der Waals surface area contributed by atoms with Crippen molar-refractivity contribution in [3.05, 3.63) is 22.4 Å². The third-order valence-corrected chi connectivity index (χ3v) is 5.08. The number of nitrogens with one attached hydrogen (secondary N) is 2. The lowest BCUT2D eigenvalue weighted by Gasteiger charge is -2.17. The van der Waals surface area contributed by atoms with Gasteiger partial charge in [-0.2, -0.15) is 0 Å². The first kappa shape index (κ1) is 16.6. The molecule has 2 N–H and O–H groups in total. The van der Waals surface area contributed by atoms with Gasteiger partial charge in [-0.05, 0) is 17.9 Å². The van der Waals surface area contributed by atoms with E-state index in [0.29, 0.717) is 12.6 Å². The highest BCUT2D eigenvalue weighted by Gasteiger charge is 2.19. The van der Waals surface area contributed by atoms with Crippen LogP contribution < -0.4 is 10.0 Å². The van der Waals surface area contributed by atoms with E-state index in [4.69, 9.17) is 0 Å². The standard InChI is InChI=1S/C13H24N2O2S2/c1-4-6-12(13-7-5-9-18-13)15-19(16,17)10-8-14-11(2)3/h5,7,9,11-12,14-15H,4,6,8,10H2,1-3H3. The van der Waals surface area contributed by atoms with Gasteiger partial charge in [0.15, 0.2) is 0 Å². The van der Waals surface area contributed by atoms with Gasteiger partial charge < -0.3 is 5.32 Å². The molecule has 110 valence electrons. The highest BCUT2D eigenvalue weighted by molar-refractivity contribution is 7.89. The van der Waals surface area contributed by atoms with Gasteiger partial charge in [-0.3, -0.25) is 0 Å².